The van der Waals surface area contributed by atoms with Crippen molar-refractivity contribution in [2.24, 2.45) is 4.99 Å². The van der Waals surface area contributed by atoms with Crippen molar-refractivity contribution in [2.45, 2.75) is 33.5 Å². The fourth-order valence-electron chi connectivity index (χ4n) is 3.85. The average Bonchev–Trinajstić information content (AvgIpc) is 3.28. The molecule has 3 aromatic rings. The zero-order chi connectivity index (χ0) is 22.9. The first kappa shape index (κ1) is 22.9. The van der Waals surface area contributed by atoms with Gasteiger partial charge in [0, 0.05) is 51.3 Å². The van der Waals surface area contributed by atoms with Gasteiger partial charge in [-0.05, 0) is 36.6 Å². The van der Waals surface area contributed by atoms with E-state index in [1.54, 1.807) is 6.20 Å². The molecule has 8 heteroatoms. The highest BCUT2D eigenvalue weighted by atomic mass is 16.5. The van der Waals surface area contributed by atoms with Crippen LogP contribution in [0.25, 0.3) is 5.82 Å². The van der Waals surface area contributed by atoms with Gasteiger partial charge in [0.15, 0.2) is 5.96 Å². The van der Waals surface area contributed by atoms with E-state index in [1.807, 2.05) is 30.0 Å². The highest BCUT2D eigenvalue weighted by Gasteiger charge is 2.13. The van der Waals surface area contributed by atoms with Gasteiger partial charge in [-0.1, -0.05) is 30.3 Å². The van der Waals surface area contributed by atoms with Gasteiger partial charge >= 0.3 is 0 Å². The van der Waals surface area contributed by atoms with Gasteiger partial charge in [-0.2, -0.15) is 0 Å². The quantitative estimate of drug-likeness (QED) is 0.408. The summed E-state index contributed by atoms with van der Waals surface area (Å²) in [5.41, 5.74) is 3.69. The number of aryl methyl sites for hydroxylation is 1. The maximum absolute atomic E-state index is 5.48. The van der Waals surface area contributed by atoms with Crippen LogP contribution in [-0.4, -0.2) is 58.2 Å². The predicted octanol–water partition coefficient (Wildman–Crippen LogP) is 2.66. The Morgan fingerprint density at radius 1 is 1.06 bits per heavy atom. The highest BCUT2D eigenvalue weighted by Crippen LogP contribution is 2.13. The van der Waals surface area contributed by atoms with E-state index in [1.165, 1.54) is 11.1 Å². The van der Waals surface area contributed by atoms with Crippen molar-refractivity contribution in [1.82, 2.24) is 30.1 Å². The normalized spacial score (nSPS) is 14.9. The smallest absolute Gasteiger partial charge is 0.191 e. The zero-order valence-corrected chi connectivity index (χ0v) is 19.5. The molecule has 0 spiro atoms. The summed E-state index contributed by atoms with van der Waals surface area (Å²) in [6, 6.07) is 12.7. The molecule has 4 rings (SSSR count). The Labute approximate surface area is 195 Å². The number of rotatable bonds is 8. The van der Waals surface area contributed by atoms with E-state index in [0.717, 1.165) is 69.1 Å². The van der Waals surface area contributed by atoms with Crippen LogP contribution in [0.4, 0.5) is 0 Å². The lowest BCUT2D eigenvalue weighted by atomic mass is 10.1. The molecule has 33 heavy (non-hydrogen) atoms. The van der Waals surface area contributed by atoms with Crippen molar-refractivity contribution in [1.29, 1.82) is 0 Å². The molecule has 0 amide bonds. The number of nitrogens with one attached hydrogen (secondary N) is 2. The van der Waals surface area contributed by atoms with Gasteiger partial charge in [-0.15, -0.1) is 0 Å². The summed E-state index contributed by atoms with van der Waals surface area (Å²) in [5, 5.41) is 6.83. The van der Waals surface area contributed by atoms with E-state index >= 15 is 0 Å². The molecular weight excluding hydrogens is 414 g/mol. The van der Waals surface area contributed by atoms with Crippen LogP contribution in [0.5, 0.6) is 0 Å². The zero-order valence-electron chi connectivity index (χ0n) is 19.5. The number of pyridine rings is 1. The lowest BCUT2D eigenvalue weighted by Gasteiger charge is -2.27. The fraction of sp³-hybridized carbons (Fsp3) is 0.400. The van der Waals surface area contributed by atoms with Crippen LogP contribution in [0.2, 0.25) is 0 Å². The molecule has 8 nitrogen and oxygen atoms in total. The number of morpholine rings is 1. The molecule has 174 valence electrons. The van der Waals surface area contributed by atoms with E-state index in [0.29, 0.717) is 6.54 Å². The first-order chi connectivity index (χ1) is 16.2. The summed E-state index contributed by atoms with van der Waals surface area (Å²) < 4.78 is 7.45. The summed E-state index contributed by atoms with van der Waals surface area (Å²) in [7, 11) is 0. The number of aliphatic imine (C=N–C) groups is 1. The van der Waals surface area contributed by atoms with Crippen molar-refractivity contribution in [3.05, 3.63) is 77.5 Å². The Morgan fingerprint density at radius 2 is 1.88 bits per heavy atom. The van der Waals surface area contributed by atoms with Crippen molar-refractivity contribution in [3.63, 3.8) is 0 Å². The van der Waals surface area contributed by atoms with Gasteiger partial charge < -0.3 is 15.4 Å². The van der Waals surface area contributed by atoms with Crippen LogP contribution in [0.15, 0.2) is 60.0 Å². The maximum atomic E-state index is 5.48. The van der Waals surface area contributed by atoms with E-state index in [-0.39, 0.29) is 0 Å². The molecule has 0 aliphatic carbocycles. The Kier molecular flexibility index (Phi) is 8.05. The van der Waals surface area contributed by atoms with Crippen LogP contribution in [0.1, 0.15) is 29.4 Å². The molecule has 2 N–H and O–H groups in total. The summed E-state index contributed by atoms with van der Waals surface area (Å²) in [4.78, 5) is 16.0. The first-order valence-corrected chi connectivity index (χ1v) is 11.6. The van der Waals surface area contributed by atoms with Crippen LogP contribution in [0.3, 0.4) is 0 Å². The molecule has 2 aromatic heterocycles. The molecule has 0 radical (unpaired) electrons. The van der Waals surface area contributed by atoms with Crippen molar-refractivity contribution < 1.29 is 4.74 Å². The molecule has 1 aliphatic heterocycles. The van der Waals surface area contributed by atoms with Gasteiger partial charge in [0.25, 0.3) is 0 Å². The number of guanidine groups is 1. The van der Waals surface area contributed by atoms with E-state index < -0.39 is 0 Å². The second-order valence-electron chi connectivity index (χ2n) is 8.08. The maximum Gasteiger partial charge on any atom is 0.191 e. The number of imidazole rings is 1. The number of hydrogen-bond donors (Lipinski definition) is 2. The minimum absolute atomic E-state index is 0.556. The molecule has 1 fully saturated rings. The SMILES string of the molecule is CCNC(=NCc1ccc(-n2ccnc2C)nc1)NCc1ccccc1CN1CCOCC1. The number of benzene rings is 1. The second-order valence-corrected chi connectivity index (χ2v) is 8.08. The third-order valence-electron chi connectivity index (χ3n) is 5.71. The van der Waals surface area contributed by atoms with Crippen LogP contribution < -0.4 is 10.6 Å². The fourth-order valence-corrected chi connectivity index (χ4v) is 3.85. The minimum atomic E-state index is 0.556. The lowest BCUT2D eigenvalue weighted by molar-refractivity contribution is 0.0341. The minimum Gasteiger partial charge on any atom is -0.379 e. The molecule has 1 saturated heterocycles. The second kappa shape index (κ2) is 11.6. The van der Waals surface area contributed by atoms with E-state index in [2.05, 4.69) is 62.8 Å². The third-order valence-corrected chi connectivity index (χ3v) is 5.71. The third kappa shape index (κ3) is 6.40. The molecule has 0 unspecified atom stereocenters. The number of ether oxygens (including phenoxy) is 1. The van der Waals surface area contributed by atoms with Gasteiger partial charge in [-0.3, -0.25) is 9.47 Å². The Bertz CT molecular complexity index is 1040. The molecule has 1 aliphatic rings. The molecule has 0 saturated carbocycles. The monoisotopic (exact) mass is 447 g/mol. The molecule has 0 atom stereocenters. The molecular formula is C25H33N7O. The summed E-state index contributed by atoms with van der Waals surface area (Å²) >= 11 is 0. The number of nitrogens with zero attached hydrogens (tertiary/aromatic N) is 5. The Hall–Kier alpha value is -3.23. The van der Waals surface area contributed by atoms with Gasteiger partial charge in [-0.25, -0.2) is 15.0 Å². The van der Waals surface area contributed by atoms with Crippen molar-refractivity contribution in [2.75, 3.05) is 32.8 Å². The summed E-state index contributed by atoms with van der Waals surface area (Å²) in [5.74, 6) is 2.58. The van der Waals surface area contributed by atoms with Crippen LogP contribution in [0, 0.1) is 6.92 Å². The lowest BCUT2D eigenvalue weighted by Crippen LogP contribution is -2.38. The number of aromatic nitrogens is 3. The number of hydrogen-bond acceptors (Lipinski definition) is 5. The van der Waals surface area contributed by atoms with E-state index in [4.69, 9.17) is 9.73 Å². The van der Waals surface area contributed by atoms with Gasteiger partial charge in [0.05, 0.1) is 19.8 Å². The van der Waals surface area contributed by atoms with Crippen LogP contribution in [-0.2, 0) is 24.4 Å². The van der Waals surface area contributed by atoms with Gasteiger partial charge in [0.2, 0.25) is 0 Å². The average molecular weight is 448 g/mol. The van der Waals surface area contributed by atoms with Crippen molar-refractivity contribution in [3.8, 4) is 5.82 Å². The first-order valence-electron chi connectivity index (χ1n) is 11.6. The molecule has 0 bridgehead atoms. The van der Waals surface area contributed by atoms with Crippen LogP contribution >= 0.6 is 0 Å². The Balaban J connectivity index is 1.37. The predicted molar refractivity (Wildman–Crippen MR) is 130 cm³/mol. The summed E-state index contributed by atoms with van der Waals surface area (Å²) in [6.45, 7) is 10.7. The topological polar surface area (TPSA) is 79.6 Å². The standard InChI is InChI=1S/C25H33N7O/c1-3-26-25(29-17-21-8-9-24(28-16-21)32-11-10-27-20(32)2)30-18-22-6-4-5-7-23(22)19-31-12-14-33-15-13-31/h4-11,16H,3,12-15,17-19H2,1-2H3,(H2,26,29,30). The largest absolute Gasteiger partial charge is 0.379 e. The summed E-state index contributed by atoms with van der Waals surface area (Å²) in [6.07, 6.45) is 5.57. The Morgan fingerprint density at radius 3 is 2.58 bits per heavy atom. The van der Waals surface area contributed by atoms with Crippen molar-refractivity contribution >= 4 is 5.96 Å². The molecule has 3 heterocycles. The molecule has 1 aromatic carbocycles. The highest BCUT2D eigenvalue weighted by molar-refractivity contribution is 5.79. The van der Waals surface area contributed by atoms with E-state index in [9.17, 15) is 0 Å². The van der Waals surface area contributed by atoms with Gasteiger partial charge in [0.1, 0.15) is 11.6 Å².